The number of aromatic nitrogens is 3. The highest BCUT2D eigenvalue weighted by Crippen LogP contribution is 2.17. The number of hydrogen-bond acceptors (Lipinski definition) is 8. The lowest BCUT2D eigenvalue weighted by atomic mass is 9.94. The summed E-state index contributed by atoms with van der Waals surface area (Å²) < 4.78 is 9.37. The molecule has 1 atom stereocenters. The van der Waals surface area contributed by atoms with Crippen molar-refractivity contribution in [3.05, 3.63) is 54.4 Å². The van der Waals surface area contributed by atoms with Gasteiger partial charge in [0.15, 0.2) is 12.0 Å². The zero-order valence-electron chi connectivity index (χ0n) is 15.4. The van der Waals surface area contributed by atoms with Crippen molar-refractivity contribution in [2.24, 2.45) is 0 Å². The third kappa shape index (κ3) is 6.76. The van der Waals surface area contributed by atoms with Gasteiger partial charge in [-0.1, -0.05) is 41.9 Å². The van der Waals surface area contributed by atoms with E-state index < -0.39 is 6.10 Å². The van der Waals surface area contributed by atoms with E-state index in [-0.39, 0.29) is 11.7 Å². The number of hydrogen-bond donors (Lipinski definition) is 2. The minimum atomic E-state index is -0.655. The quantitative estimate of drug-likeness (QED) is 0.672. The van der Waals surface area contributed by atoms with E-state index >= 15 is 0 Å². The van der Waals surface area contributed by atoms with Gasteiger partial charge < -0.3 is 19.4 Å². The molecule has 0 bridgehead atoms. The van der Waals surface area contributed by atoms with Gasteiger partial charge in [0, 0.05) is 17.7 Å². The molecule has 2 heterocycles. The Bertz CT molecular complexity index is 765. The minimum absolute atomic E-state index is 0.249. The third-order valence-corrected chi connectivity index (χ3v) is 3.96. The van der Waals surface area contributed by atoms with Crippen molar-refractivity contribution in [2.75, 3.05) is 7.05 Å². The highest BCUT2D eigenvalue weighted by molar-refractivity contribution is 5.73. The fourth-order valence-corrected chi connectivity index (χ4v) is 2.15. The van der Waals surface area contributed by atoms with Gasteiger partial charge in [0.25, 0.3) is 0 Å². The van der Waals surface area contributed by atoms with E-state index in [9.17, 15) is 4.79 Å². The molecule has 1 aliphatic carbocycles. The maximum absolute atomic E-state index is 10.3. The summed E-state index contributed by atoms with van der Waals surface area (Å²) in [4.78, 5) is 10.3. The molecule has 0 amide bonds. The van der Waals surface area contributed by atoms with Crippen LogP contribution in [0.4, 0.5) is 0 Å². The number of carbonyl (C=O) groups is 1. The predicted molar refractivity (Wildman–Crippen MR) is 99.0 cm³/mol. The SMILES string of the molecule is CC(O)c1nnco1.CNC1CCC1.O=Cc1cc(-c2ccccc2)no1. The molecule has 0 saturated heterocycles. The standard InChI is InChI=1S/C10H7NO2.C5H11N.C4H6N2O2/c12-7-9-6-10(11-13-9)8-4-2-1-3-5-8;1-6-5-3-2-4-5;1-3(7)4-6-5-2-8-4/h1-7H;5-6H,2-4H2,1H3;2-3,7H,1H3. The van der Waals surface area contributed by atoms with Crippen LogP contribution < -0.4 is 5.32 Å². The Kier molecular flexibility index (Phi) is 8.34. The van der Waals surface area contributed by atoms with E-state index in [1.165, 1.54) is 25.7 Å². The molecule has 1 aromatic carbocycles. The van der Waals surface area contributed by atoms with Gasteiger partial charge in [-0.3, -0.25) is 4.79 Å². The monoisotopic (exact) mass is 372 g/mol. The van der Waals surface area contributed by atoms with Gasteiger partial charge in [-0.05, 0) is 26.8 Å². The molecule has 1 fully saturated rings. The summed E-state index contributed by atoms with van der Waals surface area (Å²) in [5.41, 5.74) is 1.63. The minimum Gasteiger partial charge on any atom is -0.425 e. The topological polar surface area (TPSA) is 114 Å². The van der Waals surface area contributed by atoms with Crippen LogP contribution in [0.2, 0.25) is 0 Å². The lowest BCUT2D eigenvalue weighted by molar-refractivity contribution is 0.109. The normalized spacial score (nSPS) is 14.0. The summed E-state index contributed by atoms with van der Waals surface area (Å²) in [5, 5.41) is 22.5. The van der Waals surface area contributed by atoms with Crippen LogP contribution in [0.25, 0.3) is 11.3 Å². The fourth-order valence-electron chi connectivity index (χ4n) is 2.15. The van der Waals surface area contributed by atoms with Gasteiger partial charge >= 0.3 is 0 Å². The van der Waals surface area contributed by atoms with Crippen LogP contribution >= 0.6 is 0 Å². The van der Waals surface area contributed by atoms with Crippen molar-refractivity contribution in [3.63, 3.8) is 0 Å². The maximum atomic E-state index is 10.3. The van der Waals surface area contributed by atoms with Gasteiger partial charge in [0.1, 0.15) is 11.8 Å². The van der Waals surface area contributed by atoms with E-state index in [0.717, 1.165) is 11.6 Å². The summed E-state index contributed by atoms with van der Waals surface area (Å²) in [7, 11) is 2.03. The summed E-state index contributed by atoms with van der Waals surface area (Å²) in [6, 6.07) is 12.0. The Morgan fingerprint density at radius 1 is 1.30 bits per heavy atom. The van der Waals surface area contributed by atoms with Crippen LogP contribution in [0.15, 0.2) is 51.7 Å². The smallest absolute Gasteiger partial charge is 0.244 e. The first-order valence-electron chi connectivity index (χ1n) is 8.72. The molecule has 0 aliphatic heterocycles. The van der Waals surface area contributed by atoms with Gasteiger partial charge in [0.05, 0.1) is 0 Å². The Morgan fingerprint density at radius 2 is 2.04 bits per heavy atom. The van der Waals surface area contributed by atoms with E-state index in [4.69, 9.17) is 9.63 Å². The second-order valence-electron chi connectivity index (χ2n) is 5.97. The zero-order chi connectivity index (χ0) is 19.5. The Morgan fingerprint density at radius 3 is 2.41 bits per heavy atom. The zero-order valence-corrected chi connectivity index (χ0v) is 15.4. The average molecular weight is 372 g/mol. The molecule has 2 aromatic heterocycles. The maximum Gasteiger partial charge on any atom is 0.244 e. The fraction of sp³-hybridized carbons (Fsp3) is 0.368. The molecule has 3 aromatic rings. The van der Waals surface area contributed by atoms with Gasteiger partial charge in [-0.25, -0.2) is 0 Å². The van der Waals surface area contributed by atoms with Crippen molar-refractivity contribution in [3.8, 4) is 11.3 Å². The molecule has 27 heavy (non-hydrogen) atoms. The molecule has 4 rings (SSSR count). The molecule has 0 spiro atoms. The lowest BCUT2D eigenvalue weighted by Gasteiger charge is -2.23. The highest BCUT2D eigenvalue weighted by Gasteiger charge is 2.13. The number of nitrogens with one attached hydrogen (secondary N) is 1. The van der Waals surface area contributed by atoms with Crippen molar-refractivity contribution >= 4 is 6.29 Å². The molecule has 1 saturated carbocycles. The van der Waals surface area contributed by atoms with Crippen LogP contribution in [-0.4, -0.2) is 39.8 Å². The second kappa shape index (κ2) is 11.0. The van der Waals surface area contributed by atoms with Crippen molar-refractivity contribution in [1.29, 1.82) is 0 Å². The van der Waals surface area contributed by atoms with Crippen LogP contribution in [0.1, 0.15) is 48.7 Å². The van der Waals surface area contributed by atoms with Crippen molar-refractivity contribution in [1.82, 2.24) is 20.7 Å². The Labute approximate surface area is 157 Å². The number of benzene rings is 1. The Balaban J connectivity index is 0.000000159. The molecule has 1 aliphatic rings. The van der Waals surface area contributed by atoms with E-state index in [1.807, 2.05) is 37.4 Å². The van der Waals surface area contributed by atoms with Crippen LogP contribution in [-0.2, 0) is 0 Å². The molecule has 2 N–H and O–H groups in total. The molecule has 8 heteroatoms. The van der Waals surface area contributed by atoms with Crippen LogP contribution in [0.3, 0.4) is 0 Å². The van der Waals surface area contributed by atoms with Crippen LogP contribution in [0, 0.1) is 0 Å². The molecular formula is C19H24N4O4. The van der Waals surface area contributed by atoms with E-state index in [0.29, 0.717) is 12.0 Å². The number of aldehydes is 1. The summed E-state index contributed by atoms with van der Waals surface area (Å²) in [5.74, 6) is 0.504. The number of carbonyl (C=O) groups excluding carboxylic acids is 1. The molecule has 8 nitrogen and oxygen atoms in total. The first-order valence-corrected chi connectivity index (χ1v) is 8.72. The van der Waals surface area contributed by atoms with E-state index in [2.05, 4.69) is 25.1 Å². The molecule has 0 radical (unpaired) electrons. The first kappa shape index (κ1) is 20.5. The average Bonchev–Trinajstić information content (AvgIpc) is 3.35. The second-order valence-corrected chi connectivity index (χ2v) is 5.97. The van der Waals surface area contributed by atoms with Gasteiger partial charge in [0.2, 0.25) is 12.3 Å². The number of aliphatic hydroxyl groups is 1. The van der Waals surface area contributed by atoms with Gasteiger partial charge in [-0.2, -0.15) is 0 Å². The predicted octanol–water partition coefficient (Wildman–Crippen LogP) is 3.04. The number of nitrogens with zero attached hydrogens (tertiary/aromatic N) is 3. The molecule has 144 valence electrons. The lowest BCUT2D eigenvalue weighted by Crippen LogP contribution is -2.31. The highest BCUT2D eigenvalue weighted by atomic mass is 16.5. The molecular weight excluding hydrogens is 348 g/mol. The van der Waals surface area contributed by atoms with Crippen molar-refractivity contribution < 1.29 is 18.8 Å². The summed E-state index contributed by atoms with van der Waals surface area (Å²) in [6.45, 7) is 1.56. The molecule has 1 unspecified atom stereocenters. The van der Waals surface area contributed by atoms with E-state index in [1.54, 1.807) is 13.0 Å². The summed E-state index contributed by atoms with van der Waals surface area (Å²) in [6.07, 6.45) is 5.40. The largest absolute Gasteiger partial charge is 0.425 e. The van der Waals surface area contributed by atoms with Crippen molar-refractivity contribution in [2.45, 2.75) is 38.3 Å². The van der Waals surface area contributed by atoms with Crippen LogP contribution in [0.5, 0.6) is 0 Å². The number of rotatable bonds is 4. The third-order valence-electron chi connectivity index (χ3n) is 3.96. The first-order chi connectivity index (χ1) is 13.1. The number of aliphatic hydroxyl groups excluding tert-OH is 1. The van der Waals surface area contributed by atoms with Gasteiger partial charge in [-0.15, -0.1) is 10.2 Å². The Hall–Kier alpha value is -2.84. The summed E-state index contributed by atoms with van der Waals surface area (Å²) >= 11 is 0.